The van der Waals surface area contributed by atoms with Crippen LogP contribution in [-0.4, -0.2) is 22.6 Å². The van der Waals surface area contributed by atoms with E-state index in [2.05, 4.69) is 15.6 Å². The smallest absolute Gasteiger partial charge is 0.274 e. The van der Waals surface area contributed by atoms with Crippen LogP contribution in [0.5, 0.6) is 0 Å². The van der Waals surface area contributed by atoms with Crippen LogP contribution in [0.15, 0.2) is 60.8 Å². The highest BCUT2D eigenvalue weighted by atomic mass is 19.1. The summed E-state index contributed by atoms with van der Waals surface area (Å²) >= 11 is 0. The van der Waals surface area contributed by atoms with Crippen molar-refractivity contribution >= 4 is 29.0 Å². The summed E-state index contributed by atoms with van der Waals surface area (Å²) in [4.78, 5) is 39.9. The average Bonchev–Trinajstić information content (AvgIpc) is 2.71. The molecule has 0 aliphatic rings. The predicted molar refractivity (Wildman–Crippen MR) is 103 cm³/mol. The zero-order chi connectivity index (χ0) is 21.0. The Morgan fingerprint density at radius 1 is 0.828 bits per heavy atom. The van der Waals surface area contributed by atoms with Crippen molar-refractivity contribution in [1.82, 2.24) is 4.98 Å². The number of halogens is 2. The molecule has 0 unspecified atom stereocenters. The van der Waals surface area contributed by atoms with E-state index in [0.29, 0.717) is 11.3 Å². The van der Waals surface area contributed by atoms with E-state index in [9.17, 15) is 23.2 Å². The van der Waals surface area contributed by atoms with E-state index in [1.807, 2.05) is 0 Å². The van der Waals surface area contributed by atoms with Crippen molar-refractivity contribution in [2.75, 3.05) is 10.6 Å². The number of rotatable bonds is 5. The highest BCUT2D eigenvalue weighted by Gasteiger charge is 2.16. The number of aromatic nitrogens is 1. The molecule has 3 aromatic rings. The van der Waals surface area contributed by atoms with Gasteiger partial charge in [-0.3, -0.25) is 19.4 Å². The molecule has 2 aromatic carbocycles. The molecule has 2 N–H and O–H groups in total. The van der Waals surface area contributed by atoms with E-state index in [1.165, 1.54) is 31.3 Å². The molecule has 0 bridgehead atoms. The Morgan fingerprint density at radius 2 is 1.48 bits per heavy atom. The zero-order valence-corrected chi connectivity index (χ0v) is 15.2. The molecule has 1 aromatic heterocycles. The molecule has 3 rings (SSSR count). The van der Waals surface area contributed by atoms with E-state index in [4.69, 9.17) is 0 Å². The van der Waals surface area contributed by atoms with Gasteiger partial charge in [0.05, 0.1) is 0 Å². The highest BCUT2D eigenvalue weighted by molar-refractivity contribution is 6.08. The molecule has 2 amide bonds. The fraction of sp³-hybridized carbons (Fsp3) is 0.0476. The lowest BCUT2D eigenvalue weighted by Gasteiger charge is -2.09. The van der Waals surface area contributed by atoms with Gasteiger partial charge in [-0.15, -0.1) is 0 Å². The van der Waals surface area contributed by atoms with Crippen molar-refractivity contribution in [2.24, 2.45) is 0 Å². The number of Topliss-reactive ketones (excluding diaryl/α,β-unsaturated/α-hetero) is 1. The summed E-state index contributed by atoms with van der Waals surface area (Å²) < 4.78 is 27.4. The lowest BCUT2D eigenvalue weighted by atomic mass is 10.1. The number of carbonyl (C=O) groups excluding carboxylic acids is 3. The third kappa shape index (κ3) is 4.67. The third-order valence-corrected chi connectivity index (χ3v) is 4.01. The van der Waals surface area contributed by atoms with Crippen LogP contribution in [0.2, 0.25) is 0 Å². The van der Waals surface area contributed by atoms with Gasteiger partial charge in [-0.2, -0.15) is 0 Å². The van der Waals surface area contributed by atoms with Gasteiger partial charge >= 0.3 is 0 Å². The van der Waals surface area contributed by atoms with Crippen molar-refractivity contribution in [3.8, 4) is 0 Å². The second-order valence-electron chi connectivity index (χ2n) is 6.07. The van der Waals surface area contributed by atoms with Gasteiger partial charge in [0.2, 0.25) is 0 Å². The first-order valence-electron chi connectivity index (χ1n) is 8.49. The van der Waals surface area contributed by atoms with Crippen LogP contribution >= 0.6 is 0 Å². The van der Waals surface area contributed by atoms with Gasteiger partial charge in [0.1, 0.15) is 23.0 Å². The van der Waals surface area contributed by atoms with E-state index >= 15 is 0 Å². The third-order valence-electron chi connectivity index (χ3n) is 4.01. The number of hydrogen-bond donors (Lipinski definition) is 2. The van der Waals surface area contributed by atoms with Crippen molar-refractivity contribution in [3.63, 3.8) is 0 Å². The zero-order valence-electron chi connectivity index (χ0n) is 15.2. The van der Waals surface area contributed by atoms with Crippen LogP contribution in [0.3, 0.4) is 0 Å². The first-order chi connectivity index (χ1) is 13.8. The Hall–Kier alpha value is -3.94. The maximum Gasteiger partial charge on any atom is 0.274 e. The molecule has 0 fully saturated rings. The van der Waals surface area contributed by atoms with Crippen LogP contribution in [0.1, 0.15) is 38.1 Å². The minimum absolute atomic E-state index is 0.000249. The number of para-hydroxylation sites is 1. The summed E-state index contributed by atoms with van der Waals surface area (Å²) in [7, 11) is 0. The standard InChI is InChI=1S/C21H15F2N3O3/c1-12(27)13-5-7-15(8-6-13)25-21(29)18-11-14(9-10-24-18)20(28)26-19-16(22)3-2-4-17(19)23/h2-11H,1H3,(H,25,29)(H,26,28). The molecule has 0 atom stereocenters. The number of carbonyl (C=O) groups is 3. The molecule has 1 heterocycles. The second kappa shape index (κ2) is 8.39. The lowest BCUT2D eigenvalue weighted by molar-refractivity contribution is 0.101. The van der Waals surface area contributed by atoms with Crippen LogP contribution in [0.4, 0.5) is 20.2 Å². The molecular weight excluding hydrogens is 380 g/mol. The van der Waals surface area contributed by atoms with E-state index < -0.39 is 29.1 Å². The van der Waals surface area contributed by atoms with Crippen molar-refractivity contribution in [2.45, 2.75) is 6.92 Å². The minimum atomic E-state index is -0.917. The van der Waals surface area contributed by atoms with Crippen LogP contribution in [-0.2, 0) is 0 Å². The minimum Gasteiger partial charge on any atom is -0.321 e. The number of pyridine rings is 1. The fourth-order valence-corrected chi connectivity index (χ4v) is 2.48. The van der Waals surface area contributed by atoms with E-state index in [-0.39, 0.29) is 17.0 Å². The summed E-state index contributed by atoms with van der Waals surface area (Å²) in [5, 5.41) is 4.74. The summed E-state index contributed by atoms with van der Waals surface area (Å²) in [6, 6.07) is 12.0. The number of benzene rings is 2. The molecule has 0 saturated carbocycles. The molecule has 6 nitrogen and oxygen atoms in total. The van der Waals surface area contributed by atoms with Crippen LogP contribution in [0, 0.1) is 11.6 Å². The first-order valence-corrected chi connectivity index (χ1v) is 8.49. The van der Waals surface area contributed by atoms with Crippen LogP contribution in [0.25, 0.3) is 0 Å². The molecule has 0 radical (unpaired) electrons. The van der Waals surface area contributed by atoms with Gasteiger partial charge < -0.3 is 10.6 Å². The maximum absolute atomic E-state index is 13.7. The Labute approximate surface area is 164 Å². The van der Waals surface area contributed by atoms with Gasteiger partial charge in [-0.25, -0.2) is 8.78 Å². The molecule has 0 spiro atoms. The van der Waals surface area contributed by atoms with Gasteiger partial charge in [-0.05, 0) is 55.5 Å². The Morgan fingerprint density at radius 3 is 2.10 bits per heavy atom. The topological polar surface area (TPSA) is 88.2 Å². The van der Waals surface area contributed by atoms with Crippen molar-refractivity contribution < 1.29 is 23.2 Å². The predicted octanol–water partition coefficient (Wildman–Crippen LogP) is 4.07. The number of amides is 2. The molecule has 0 saturated heterocycles. The molecule has 146 valence electrons. The monoisotopic (exact) mass is 395 g/mol. The summed E-state index contributed by atoms with van der Waals surface area (Å²) in [5.41, 5.74) is 0.290. The Bertz CT molecular complexity index is 1080. The van der Waals surface area contributed by atoms with Gasteiger partial charge in [0.15, 0.2) is 5.78 Å². The first kappa shape index (κ1) is 19.8. The van der Waals surface area contributed by atoms with E-state index in [1.54, 1.807) is 24.3 Å². The number of ketones is 1. The second-order valence-corrected chi connectivity index (χ2v) is 6.07. The fourth-order valence-electron chi connectivity index (χ4n) is 2.48. The molecule has 8 heteroatoms. The molecule has 0 aliphatic heterocycles. The van der Waals surface area contributed by atoms with Crippen molar-refractivity contribution in [1.29, 1.82) is 0 Å². The molecular formula is C21H15F2N3O3. The van der Waals surface area contributed by atoms with Crippen LogP contribution < -0.4 is 10.6 Å². The van der Waals surface area contributed by atoms with Gasteiger partial charge in [0, 0.05) is 23.0 Å². The molecule has 0 aliphatic carbocycles. The lowest BCUT2D eigenvalue weighted by Crippen LogP contribution is -2.18. The number of anilines is 2. The summed E-state index contributed by atoms with van der Waals surface area (Å²) in [5.74, 6) is -3.32. The largest absolute Gasteiger partial charge is 0.321 e. The highest BCUT2D eigenvalue weighted by Crippen LogP contribution is 2.19. The normalized spacial score (nSPS) is 10.3. The maximum atomic E-state index is 13.7. The van der Waals surface area contributed by atoms with E-state index in [0.717, 1.165) is 12.1 Å². The Balaban J connectivity index is 1.75. The SMILES string of the molecule is CC(=O)c1ccc(NC(=O)c2cc(C(=O)Nc3c(F)cccc3F)ccn2)cc1. The average molecular weight is 395 g/mol. The summed E-state index contributed by atoms with van der Waals surface area (Å²) in [6.45, 7) is 1.43. The number of nitrogens with one attached hydrogen (secondary N) is 2. The van der Waals surface area contributed by atoms with Crippen molar-refractivity contribution in [3.05, 3.63) is 89.2 Å². The summed E-state index contributed by atoms with van der Waals surface area (Å²) in [6.07, 6.45) is 1.24. The Kier molecular flexibility index (Phi) is 5.73. The number of hydrogen-bond acceptors (Lipinski definition) is 4. The van der Waals surface area contributed by atoms with Gasteiger partial charge in [-0.1, -0.05) is 6.07 Å². The molecule has 29 heavy (non-hydrogen) atoms. The quantitative estimate of drug-likeness (QED) is 0.638. The van der Waals surface area contributed by atoms with Gasteiger partial charge in [0.25, 0.3) is 11.8 Å². The number of nitrogens with zero attached hydrogens (tertiary/aromatic N) is 1.